The average molecular weight is 269 g/mol. The zero-order valence-corrected chi connectivity index (χ0v) is 12.0. The maximum atomic E-state index is 6.09. The first-order valence-electron chi connectivity index (χ1n) is 6.43. The molecule has 0 aromatic carbocycles. The molecule has 0 saturated heterocycles. The van der Waals surface area contributed by atoms with Crippen molar-refractivity contribution >= 4 is 17.3 Å². The quantitative estimate of drug-likeness (QED) is 0.885. The summed E-state index contributed by atoms with van der Waals surface area (Å²) in [6.07, 6.45) is 6.68. The smallest absolute Gasteiger partial charge is 0.164 e. The highest BCUT2D eigenvalue weighted by atomic mass is 35.5. The monoisotopic (exact) mass is 268 g/mol. The third-order valence-electron chi connectivity index (χ3n) is 3.51. The van der Waals surface area contributed by atoms with Crippen LogP contribution in [0.5, 0.6) is 5.75 Å². The summed E-state index contributed by atoms with van der Waals surface area (Å²) in [6.45, 7) is 6.85. The molecule has 100 valence electrons. The van der Waals surface area contributed by atoms with Gasteiger partial charge in [-0.1, -0.05) is 32.4 Å². The molecular weight excluding hydrogens is 248 g/mol. The van der Waals surface area contributed by atoms with Gasteiger partial charge in [-0.2, -0.15) is 0 Å². The Kier molecular flexibility index (Phi) is 3.71. The minimum Gasteiger partial charge on any atom is -0.487 e. The molecule has 2 N–H and O–H groups in total. The summed E-state index contributed by atoms with van der Waals surface area (Å²) in [5, 5.41) is 0.492. The molecule has 3 nitrogen and oxygen atoms in total. The average Bonchev–Trinajstić information content (AvgIpc) is 2.21. The number of nitrogen functional groups attached to an aromatic ring is 1. The summed E-state index contributed by atoms with van der Waals surface area (Å²) >= 11 is 6.09. The van der Waals surface area contributed by atoms with Crippen molar-refractivity contribution in [3.63, 3.8) is 0 Å². The van der Waals surface area contributed by atoms with Gasteiger partial charge in [-0.15, -0.1) is 0 Å². The fraction of sp³-hybridized carbons (Fsp3) is 0.643. The minimum atomic E-state index is 0.186. The molecular formula is C14H21ClN2O. The second-order valence-corrected chi connectivity index (χ2v) is 6.60. The Hall–Kier alpha value is -0.960. The molecule has 1 aromatic rings. The van der Waals surface area contributed by atoms with Crippen LogP contribution < -0.4 is 10.5 Å². The number of rotatable bonds is 2. The summed E-state index contributed by atoms with van der Waals surface area (Å²) in [5.74, 6) is 1.25. The predicted molar refractivity (Wildman–Crippen MR) is 74.9 cm³/mol. The van der Waals surface area contributed by atoms with Crippen molar-refractivity contribution in [2.45, 2.75) is 46.1 Å². The Morgan fingerprint density at radius 3 is 2.72 bits per heavy atom. The molecule has 0 spiro atoms. The standard InChI is InChI=1S/C14H21ClN2O/c1-9-4-10(6-14(2,3)5-9)18-13-11(15)7-17-8-12(13)16/h7-10H,4-6,16H2,1-3H3. The van der Waals surface area contributed by atoms with Gasteiger partial charge < -0.3 is 10.5 Å². The molecule has 0 bridgehead atoms. The Labute approximate surface area is 114 Å². The first-order valence-corrected chi connectivity index (χ1v) is 6.81. The van der Waals surface area contributed by atoms with Crippen LogP contribution in [0.1, 0.15) is 40.0 Å². The van der Waals surface area contributed by atoms with Crippen LogP contribution in [-0.4, -0.2) is 11.1 Å². The fourth-order valence-corrected chi connectivity index (χ4v) is 3.29. The number of ether oxygens (including phenoxy) is 1. The van der Waals surface area contributed by atoms with Crippen molar-refractivity contribution < 1.29 is 4.74 Å². The van der Waals surface area contributed by atoms with Gasteiger partial charge in [-0.25, -0.2) is 0 Å². The van der Waals surface area contributed by atoms with E-state index in [1.807, 2.05) is 0 Å². The topological polar surface area (TPSA) is 48.1 Å². The van der Waals surface area contributed by atoms with E-state index in [-0.39, 0.29) is 6.10 Å². The van der Waals surface area contributed by atoms with Crippen molar-refractivity contribution in [1.82, 2.24) is 4.98 Å². The van der Waals surface area contributed by atoms with E-state index in [4.69, 9.17) is 22.1 Å². The van der Waals surface area contributed by atoms with E-state index >= 15 is 0 Å². The first kappa shape index (κ1) is 13.5. The van der Waals surface area contributed by atoms with Crippen molar-refractivity contribution in [2.24, 2.45) is 11.3 Å². The summed E-state index contributed by atoms with van der Waals surface area (Å²) in [5.41, 5.74) is 6.70. The Morgan fingerprint density at radius 2 is 2.11 bits per heavy atom. The molecule has 0 aliphatic heterocycles. The second kappa shape index (κ2) is 4.96. The number of anilines is 1. The molecule has 1 heterocycles. The molecule has 2 rings (SSSR count). The van der Waals surface area contributed by atoms with Gasteiger partial charge in [0.05, 0.1) is 18.0 Å². The number of nitrogens with two attached hydrogens (primary N) is 1. The Bertz CT molecular complexity index is 414. The SMILES string of the molecule is CC1CC(Oc2c(N)cncc2Cl)CC(C)(C)C1. The predicted octanol–water partition coefficient (Wildman–Crippen LogP) is 3.91. The number of halogens is 1. The normalized spacial score (nSPS) is 26.9. The van der Waals surface area contributed by atoms with E-state index in [1.54, 1.807) is 12.4 Å². The van der Waals surface area contributed by atoms with Gasteiger partial charge in [0, 0.05) is 6.20 Å². The zero-order chi connectivity index (χ0) is 13.3. The molecule has 1 saturated carbocycles. The number of pyridine rings is 1. The number of hydrogen-bond donors (Lipinski definition) is 1. The maximum Gasteiger partial charge on any atom is 0.164 e. The van der Waals surface area contributed by atoms with Crippen LogP contribution in [0, 0.1) is 11.3 Å². The van der Waals surface area contributed by atoms with E-state index < -0.39 is 0 Å². The first-order chi connectivity index (χ1) is 8.37. The number of hydrogen-bond acceptors (Lipinski definition) is 3. The van der Waals surface area contributed by atoms with Gasteiger partial charge in [-0.05, 0) is 30.6 Å². The highest BCUT2D eigenvalue weighted by Crippen LogP contribution is 2.41. The molecule has 18 heavy (non-hydrogen) atoms. The lowest BCUT2D eigenvalue weighted by Gasteiger charge is -2.39. The molecule has 0 radical (unpaired) electrons. The zero-order valence-electron chi connectivity index (χ0n) is 11.2. The van der Waals surface area contributed by atoms with Crippen LogP contribution in [0.3, 0.4) is 0 Å². The maximum absolute atomic E-state index is 6.09. The lowest BCUT2D eigenvalue weighted by atomic mass is 9.71. The fourth-order valence-electron chi connectivity index (χ4n) is 3.08. The van der Waals surface area contributed by atoms with Gasteiger partial charge in [0.25, 0.3) is 0 Å². The molecule has 0 amide bonds. The van der Waals surface area contributed by atoms with Gasteiger partial charge in [0.15, 0.2) is 5.75 Å². The van der Waals surface area contributed by atoms with E-state index in [9.17, 15) is 0 Å². The van der Waals surface area contributed by atoms with E-state index in [2.05, 4.69) is 25.8 Å². The van der Waals surface area contributed by atoms with Crippen LogP contribution in [0.25, 0.3) is 0 Å². The summed E-state index contributed by atoms with van der Waals surface area (Å²) in [4.78, 5) is 3.94. The van der Waals surface area contributed by atoms with Gasteiger partial charge in [-0.3, -0.25) is 4.98 Å². The van der Waals surface area contributed by atoms with Crippen molar-refractivity contribution in [1.29, 1.82) is 0 Å². The van der Waals surface area contributed by atoms with Crippen LogP contribution in [0.4, 0.5) is 5.69 Å². The summed E-state index contributed by atoms with van der Waals surface area (Å²) < 4.78 is 6.03. The largest absolute Gasteiger partial charge is 0.487 e. The molecule has 1 fully saturated rings. The Balaban J connectivity index is 2.14. The third-order valence-corrected chi connectivity index (χ3v) is 3.78. The van der Waals surface area contributed by atoms with Gasteiger partial charge >= 0.3 is 0 Å². The molecule has 1 aliphatic rings. The van der Waals surface area contributed by atoms with E-state index in [0.717, 1.165) is 12.8 Å². The van der Waals surface area contributed by atoms with Crippen LogP contribution in [0.15, 0.2) is 12.4 Å². The van der Waals surface area contributed by atoms with Gasteiger partial charge in [0.2, 0.25) is 0 Å². The number of nitrogens with zero attached hydrogens (tertiary/aromatic N) is 1. The molecule has 2 atom stereocenters. The minimum absolute atomic E-state index is 0.186. The highest BCUT2D eigenvalue weighted by molar-refractivity contribution is 6.32. The molecule has 4 heteroatoms. The highest BCUT2D eigenvalue weighted by Gasteiger charge is 2.33. The molecule has 1 aliphatic carbocycles. The lowest BCUT2D eigenvalue weighted by molar-refractivity contribution is 0.0567. The number of aromatic nitrogens is 1. The lowest BCUT2D eigenvalue weighted by Crippen LogP contribution is -2.34. The van der Waals surface area contributed by atoms with E-state index in [1.165, 1.54) is 6.42 Å². The van der Waals surface area contributed by atoms with Crippen LogP contribution >= 0.6 is 11.6 Å². The van der Waals surface area contributed by atoms with E-state index in [0.29, 0.717) is 27.8 Å². The molecule has 2 unspecified atom stereocenters. The van der Waals surface area contributed by atoms with Crippen LogP contribution in [0.2, 0.25) is 5.02 Å². The Morgan fingerprint density at radius 1 is 1.39 bits per heavy atom. The van der Waals surface area contributed by atoms with Crippen molar-refractivity contribution in [2.75, 3.05) is 5.73 Å². The van der Waals surface area contributed by atoms with Crippen LogP contribution in [-0.2, 0) is 0 Å². The summed E-state index contributed by atoms with van der Waals surface area (Å²) in [7, 11) is 0. The van der Waals surface area contributed by atoms with Crippen molar-refractivity contribution in [3.8, 4) is 5.75 Å². The van der Waals surface area contributed by atoms with Crippen molar-refractivity contribution in [3.05, 3.63) is 17.4 Å². The van der Waals surface area contributed by atoms with Gasteiger partial charge in [0.1, 0.15) is 5.02 Å². The second-order valence-electron chi connectivity index (χ2n) is 6.19. The third kappa shape index (κ3) is 3.08. The summed E-state index contributed by atoms with van der Waals surface area (Å²) in [6, 6.07) is 0. The molecule has 1 aromatic heterocycles.